The first-order valence-electron chi connectivity index (χ1n) is 4.55. The van der Waals surface area contributed by atoms with Crippen molar-refractivity contribution in [3.63, 3.8) is 0 Å². The van der Waals surface area contributed by atoms with Gasteiger partial charge in [-0.1, -0.05) is 0 Å². The number of benzene rings is 1. The average Bonchev–Trinajstić information content (AvgIpc) is 2.63. The van der Waals surface area contributed by atoms with Gasteiger partial charge >= 0.3 is 5.69 Å². The maximum Gasteiger partial charge on any atom is 0.330 e. The third-order valence-electron chi connectivity index (χ3n) is 2.19. The number of nitrogens with zero attached hydrogens (tertiary/aromatic N) is 1. The first-order valence-corrected chi connectivity index (χ1v) is 6.44. The van der Waals surface area contributed by atoms with Crippen LogP contribution in [0.1, 0.15) is 0 Å². The van der Waals surface area contributed by atoms with Crippen LogP contribution in [0.3, 0.4) is 0 Å². The van der Waals surface area contributed by atoms with E-state index in [4.69, 9.17) is 0 Å². The third-order valence-corrected chi connectivity index (χ3v) is 3.32. The van der Waals surface area contributed by atoms with Gasteiger partial charge in [0.15, 0.2) is 9.84 Å². The summed E-state index contributed by atoms with van der Waals surface area (Å²) in [6, 6.07) is 6.13. The van der Waals surface area contributed by atoms with E-state index in [1.54, 1.807) is 18.3 Å². The molecule has 0 fully saturated rings. The highest BCUT2D eigenvalue weighted by molar-refractivity contribution is 7.90. The predicted molar refractivity (Wildman–Crippen MR) is 59.5 cm³/mol. The molecule has 0 aliphatic heterocycles. The predicted octanol–water partition coefficient (Wildman–Crippen LogP) is 0.569. The number of sulfone groups is 1. The van der Waals surface area contributed by atoms with Gasteiger partial charge < -0.3 is 4.98 Å². The summed E-state index contributed by atoms with van der Waals surface area (Å²) >= 11 is 0. The fraction of sp³-hybridized carbons (Fsp3) is 0.100. The fourth-order valence-electron chi connectivity index (χ4n) is 1.38. The number of hydrogen-bond donors (Lipinski definition) is 1. The molecule has 1 aromatic heterocycles. The van der Waals surface area contributed by atoms with E-state index < -0.39 is 9.84 Å². The molecule has 0 saturated carbocycles. The van der Waals surface area contributed by atoms with Gasteiger partial charge in [0.1, 0.15) is 0 Å². The van der Waals surface area contributed by atoms with E-state index in [1.165, 1.54) is 22.9 Å². The molecule has 84 valence electrons. The molecular formula is C10H10N2O3S. The number of imidazole rings is 1. The molecule has 1 aromatic carbocycles. The van der Waals surface area contributed by atoms with Gasteiger partial charge in [-0.2, -0.15) is 0 Å². The van der Waals surface area contributed by atoms with Crippen molar-refractivity contribution in [2.24, 2.45) is 0 Å². The van der Waals surface area contributed by atoms with Crippen LogP contribution in [0, 0.1) is 0 Å². The third kappa shape index (κ3) is 1.92. The second-order valence-corrected chi connectivity index (χ2v) is 5.42. The topological polar surface area (TPSA) is 71.9 Å². The maximum atomic E-state index is 11.3. The van der Waals surface area contributed by atoms with Crippen molar-refractivity contribution in [1.82, 2.24) is 9.55 Å². The van der Waals surface area contributed by atoms with Crippen LogP contribution in [-0.4, -0.2) is 24.2 Å². The van der Waals surface area contributed by atoms with Gasteiger partial charge in [-0.15, -0.1) is 0 Å². The summed E-state index contributed by atoms with van der Waals surface area (Å²) in [6.45, 7) is 0. The molecule has 0 radical (unpaired) electrons. The fourth-order valence-corrected chi connectivity index (χ4v) is 2.01. The van der Waals surface area contributed by atoms with Crippen LogP contribution in [-0.2, 0) is 9.84 Å². The molecule has 0 amide bonds. The molecular weight excluding hydrogens is 228 g/mol. The minimum atomic E-state index is -3.19. The van der Waals surface area contributed by atoms with Crippen molar-refractivity contribution < 1.29 is 8.42 Å². The summed E-state index contributed by atoms with van der Waals surface area (Å²) in [7, 11) is -3.19. The van der Waals surface area contributed by atoms with Gasteiger partial charge in [0, 0.05) is 18.6 Å². The van der Waals surface area contributed by atoms with Crippen LogP contribution in [0.15, 0.2) is 46.3 Å². The first-order chi connectivity index (χ1) is 7.48. The summed E-state index contributed by atoms with van der Waals surface area (Å²) in [5.74, 6) is 0. The summed E-state index contributed by atoms with van der Waals surface area (Å²) in [6.07, 6.45) is 4.25. The molecule has 5 nitrogen and oxygen atoms in total. The highest BCUT2D eigenvalue weighted by atomic mass is 32.2. The van der Waals surface area contributed by atoms with Crippen LogP contribution in [0.2, 0.25) is 0 Å². The molecule has 0 atom stereocenters. The van der Waals surface area contributed by atoms with Crippen LogP contribution in [0.25, 0.3) is 5.69 Å². The van der Waals surface area contributed by atoms with Crippen molar-refractivity contribution in [1.29, 1.82) is 0 Å². The van der Waals surface area contributed by atoms with E-state index in [1.807, 2.05) is 0 Å². The SMILES string of the molecule is CS(=O)(=O)c1ccc(-n2cc[nH]c2=O)cc1. The quantitative estimate of drug-likeness (QED) is 0.831. The van der Waals surface area contributed by atoms with Crippen LogP contribution in [0.4, 0.5) is 0 Å². The Labute approximate surface area is 92.3 Å². The molecule has 0 unspecified atom stereocenters. The summed E-state index contributed by atoms with van der Waals surface area (Å²) < 4.78 is 23.8. The van der Waals surface area contributed by atoms with Crippen LogP contribution >= 0.6 is 0 Å². The Kier molecular flexibility index (Phi) is 2.43. The van der Waals surface area contributed by atoms with E-state index in [0.717, 1.165) is 6.26 Å². The van der Waals surface area contributed by atoms with Crippen molar-refractivity contribution in [3.05, 3.63) is 47.1 Å². The van der Waals surface area contributed by atoms with Crippen molar-refractivity contribution in [2.75, 3.05) is 6.26 Å². The van der Waals surface area contributed by atoms with Crippen molar-refractivity contribution in [3.8, 4) is 5.69 Å². The van der Waals surface area contributed by atoms with E-state index in [0.29, 0.717) is 5.69 Å². The Morgan fingerprint density at radius 3 is 2.25 bits per heavy atom. The Balaban J connectivity index is 2.49. The molecule has 6 heteroatoms. The van der Waals surface area contributed by atoms with Gasteiger partial charge in [0.25, 0.3) is 0 Å². The molecule has 2 aromatic rings. The lowest BCUT2D eigenvalue weighted by Crippen LogP contribution is -2.13. The minimum Gasteiger partial charge on any atom is -0.312 e. The summed E-state index contributed by atoms with van der Waals surface area (Å²) in [4.78, 5) is 14.0. The lowest BCUT2D eigenvalue weighted by Gasteiger charge is -2.02. The molecule has 2 rings (SSSR count). The average molecular weight is 238 g/mol. The minimum absolute atomic E-state index is 0.236. The monoisotopic (exact) mass is 238 g/mol. The van der Waals surface area contributed by atoms with E-state index in [9.17, 15) is 13.2 Å². The smallest absolute Gasteiger partial charge is 0.312 e. The Bertz CT molecular complexity index is 650. The second kappa shape index (κ2) is 3.64. The standard InChI is InChI=1S/C10H10N2O3S/c1-16(14,15)9-4-2-8(3-5-9)12-7-6-11-10(12)13/h2-7H,1H3,(H,11,13). The van der Waals surface area contributed by atoms with Crippen LogP contribution < -0.4 is 5.69 Å². The molecule has 1 N–H and O–H groups in total. The first kappa shape index (κ1) is 10.7. The van der Waals surface area contributed by atoms with Gasteiger partial charge in [-0.3, -0.25) is 4.57 Å². The summed E-state index contributed by atoms with van der Waals surface area (Å²) in [5, 5.41) is 0. The Hall–Kier alpha value is -1.82. The molecule has 16 heavy (non-hydrogen) atoms. The van der Waals surface area contributed by atoms with E-state index >= 15 is 0 Å². The van der Waals surface area contributed by atoms with Crippen molar-refractivity contribution >= 4 is 9.84 Å². The molecule has 0 saturated heterocycles. The normalized spacial score (nSPS) is 11.6. The largest absolute Gasteiger partial charge is 0.330 e. The van der Waals surface area contributed by atoms with E-state index in [2.05, 4.69) is 4.98 Å². The zero-order chi connectivity index (χ0) is 11.8. The molecule has 0 aliphatic carbocycles. The molecule has 0 spiro atoms. The molecule has 0 aliphatic rings. The van der Waals surface area contributed by atoms with Gasteiger partial charge in [-0.05, 0) is 24.3 Å². The highest BCUT2D eigenvalue weighted by Crippen LogP contribution is 2.12. The summed E-state index contributed by atoms with van der Waals surface area (Å²) in [5.41, 5.74) is 0.366. The molecule has 0 bridgehead atoms. The lowest BCUT2D eigenvalue weighted by molar-refractivity contribution is 0.602. The van der Waals surface area contributed by atoms with Gasteiger partial charge in [-0.25, -0.2) is 13.2 Å². The van der Waals surface area contributed by atoms with Gasteiger partial charge in [0.2, 0.25) is 0 Å². The Morgan fingerprint density at radius 1 is 1.19 bits per heavy atom. The van der Waals surface area contributed by atoms with Crippen molar-refractivity contribution in [2.45, 2.75) is 4.90 Å². The number of H-pyrrole nitrogens is 1. The number of rotatable bonds is 2. The van der Waals surface area contributed by atoms with Crippen LogP contribution in [0.5, 0.6) is 0 Å². The second-order valence-electron chi connectivity index (χ2n) is 3.40. The van der Waals surface area contributed by atoms with Gasteiger partial charge in [0.05, 0.1) is 10.6 Å². The zero-order valence-electron chi connectivity index (χ0n) is 8.54. The maximum absolute atomic E-state index is 11.3. The Morgan fingerprint density at radius 2 is 1.81 bits per heavy atom. The number of hydrogen-bond acceptors (Lipinski definition) is 3. The highest BCUT2D eigenvalue weighted by Gasteiger charge is 2.07. The number of aromatic nitrogens is 2. The van der Waals surface area contributed by atoms with E-state index in [-0.39, 0.29) is 10.6 Å². The number of aromatic amines is 1. The molecule has 1 heterocycles. The zero-order valence-corrected chi connectivity index (χ0v) is 9.36. The number of nitrogens with one attached hydrogen (secondary N) is 1. The lowest BCUT2D eigenvalue weighted by atomic mass is 10.3.